The van der Waals surface area contributed by atoms with E-state index in [-0.39, 0.29) is 0 Å². The largest absolute Gasteiger partial charge is 0.399 e. The fourth-order valence-electron chi connectivity index (χ4n) is 1.53. The molecular formula is C7H15BO6. The third-order valence-corrected chi connectivity index (χ3v) is 2.40. The Morgan fingerprint density at radius 2 is 1.71 bits per heavy atom. The van der Waals surface area contributed by atoms with Gasteiger partial charge in [-0.2, -0.15) is 0 Å². The van der Waals surface area contributed by atoms with E-state index in [0.29, 0.717) is 0 Å². The van der Waals surface area contributed by atoms with Crippen molar-refractivity contribution in [3.8, 4) is 0 Å². The van der Waals surface area contributed by atoms with Crippen LogP contribution in [-0.4, -0.2) is 76.5 Å². The molecule has 0 radical (unpaired) electrons. The minimum absolute atomic E-state index is 0.478. The van der Waals surface area contributed by atoms with E-state index >= 15 is 0 Å². The predicted molar refractivity (Wildman–Crippen MR) is 48.3 cm³/mol. The smallest absolute Gasteiger partial charge is 0.142 e. The molecule has 0 aromatic carbocycles. The predicted octanol–water partition coefficient (Wildman–Crippen LogP) is -4.22. The maximum Gasteiger partial charge on any atom is 0.142 e. The topological polar surface area (TPSA) is 110 Å². The molecule has 7 heteroatoms. The molecule has 1 saturated heterocycles. The lowest BCUT2D eigenvalue weighted by molar-refractivity contribution is -0.240. The van der Waals surface area contributed by atoms with Gasteiger partial charge in [-0.3, -0.25) is 0 Å². The molecule has 0 amide bonds. The van der Waals surface area contributed by atoms with Crippen LogP contribution >= 0.6 is 0 Å². The molecule has 6 nitrogen and oxygen atoms in total. The molecule has 0 aromatic heterocycles. The van der Waals surface area contributed by atoms with Gasteiger partial charge in [0.1, 0.15) is 38.4 Å². The van der Waals surface area contributed by atoms with Crippen molar-refractivity contribution in [3.63, 3.8) is 0 Å². The quantitative estimate of drug-likeness (QED) is 0.293. The molecule has 0 aliphatic carbocycles. The summed E-state index contributed by atoms with van der Waals surface area (Å²) in [6.07, 6.45) is -6.09. The van der Waals surface area contributed by atoms with Gasteiger partial charge in [-0.1, -0.05) is 0 Å². The highest BCUT2D eigenvalue weighted by Crippen LogP contribution is 2.22. The van der Waals surface area contributed by atoms with Crippen molar-refractivity contribution in [2.45, 2.75) is 36.5 Å². The van der Waals surface area contributed by atoms with Crippen molar-refractivity contribution >= 4 is 7.85 Å². The highest BCUT2D eigenvalue weighted by atomic mass is 16.6. The molecule has 1 aliphatic heterocycles. The van der Waals surface area contributed by atoms with Crippen LogP contribution in [0.15, 0.2) is 0 Å². The normalized spacial score (nSPS) is 46.2. The fourth-order valence-corrected chi connectivity index (χ4v) is 1.53. The lowest BCUT2D eigenvalue weighted by Crippen LogP contribution is -2.61. The Balaban J connectivity index is 2.73. The first-order valence-corrected chi connectivity index (χ1v) is 4.47. The minimum atomic E-state index is -1.42. The van der Waals surface area contributed by atoms with Crippen LogP contribution in [0.3, 0.4) is 0 Å². The number of aliphatic hydroxyl groups excluding tert-OH is 5. The van der Waals surface area contributed by atoms with E-state index in [1.54, 1.807) is 0 Å². The van der Waals surface area contributed by atoms with Crippen LogP contribution in [0.25, 0.3) is 0 Å². The molecule has 1 rings (SSSR count). The molecule has 0 saturated carbocycles. The fraction of sp³-hybridized carbons (Fsp3) is 1.00. The number of ether oxygens (including phenoxy) is 1. The van der Waals surface area contributed by atoms with Gasteiger partial charge in [0.05, 0.1) is 6.61 Å². The number of hydrogen-bond acceptors (Lipinski definition) is 6. The molecule has 82 valence electrons. The monoisotopic (exact) mass is 206 g/mol. The average Bonchev–Trinajstić information content (AvgIpc) is 2.14. The van der Waals surface area contributed by atoms with Gasteiger partial charge in [-0.05, 0) is 0 Å². The van der Waals surface area contributed by atoms with Gasteiger partial charge in [0.15, 0.2) is 0 Å². The first-order chi connectivity index (χ1) is 6.49. The third-order valence-electron chi connectivity index (χ3n) is 2.40. The molecule has 0 spiro atoms. The molecule has 4 unspecified atom stereocenters. The molecule has 14 heavy (non-hydrogen) atoms. The van der Waals surface area contributed by atoms with Gasteiger partial charge in [0, 0.05) is 6.00 Å². The highest BCUT2D eigenvalue weighted by molar-refractivity contribution is 6.11. The van der Waals surface area contributed by atoms with E-state index in [0.717, 1.165) is 0 Å². The summed E-state index contributed by atoms with van der Waals surface area (Å²) in [5.41, 5.74) is 0. The molecule has 5 N–H and O–H groups in total. The van der Waals surface area contributed by atoms with Crippen molar-refractivity contribution in [1.29, 1.82) is 0 Å². The molecule has 1 aliphatic rings. The summed E-state index contributed by atoms with van der Waals surface area (Å²) in [6.45, 7) is -0.478. The Bertz CT molecular complexity index is 187. The van der Waals surface area contributed by atoms with Crippen LogP contribution in [0, 0.1) is 0 Å². The maximum atomic E-state index is 9.41. The summed E-state index contributed by atoms with van der Waals surface area (Å²) >= 11 is 0. The molecular weight excluding hydrogens is 191 g/mol. The number of aliphatic hydroxyl groups is 5. The second-order valence-corrected chi connectivity index (χ2v) is 3.53. The molecule has 0 aromatic rings. The zero-order valence-corrected chi connectivity index (χ0v) is 7.82. The van der Waals surface area contributed by atoms with Gasteiger partial charge in [0.2, 0.25) is 0 Å². The number of hydrogen-bond donors (Lipinski definition) is 5. The van der Waals surface area contributed by atoms with E-state index in [9.17, 15) is 20.4 Å². The van der Waals surface area contributed by atoms with E-state index in [1.807, 2.05) is 0 Å². The van der Waals surface area contributed by atoms with Crippen molar-refractivity contribution in [2.24, 2.45) is 0 Å². The molecule has 1 fully saturated rings. The Morgan fingerprint density at radius 1 is 1.14 bits per heavy atom. The molecule has 6 atom stereocenters. The van der Waals surface area contributed by atoms with Crippen LogP contribution in [0.2, 0.25) is 0 Å². The summed E-state index contributed by atoms with van der Waals surface area (Å²) in [5, 5.41) is 46.1. The van der Waals surface area contributed by atoms with Gasteiger partial charge < -0.3 is 30.3 Å². The molecule has 1 heterocycles. The highest BCUT2D eigenvalue weighted by Gasteiger charge is 2.44. The lowest BCUT2D eigenvalue weighted by Gasteiger charge is -2.41. The maximum absolute atomic E-state index is 9.41. The summed E-state index contributed by atoms with van der Waals surface area (Å²) in [7, 11) is 1.40. The Hall–Kier alpha value is -0.175. The van der Waals surface area contributed by atoms with E-state index in [4.69, 9.17) is 9.84 Å². The van der Waals surface area contributed by atoms with Crippen molar-refractivity contribution in [2.75, 3.05) is 6.61 Å². The minimum Gasteiger partial charge on any atom is -0.399 e. The van der Waals surface area contributed by atoms with Gasteiger partial charge in [-0.15, -0.1) is 0 Å². The van der Waals surface area contributed by atoms with Crippen LogP contribution in [0.5, 0.6) is 0 Å². The van der Waals surface area contributed by atoms with Crippen LogP contribution in [0.1, 0.15) is 0 Å². The van der Waals surface area contributed by atoms with Gasteiger partial charge in [-0.25, -0.2) is 0 Å². The zero-order valence-electron chi connectivity index (χ0n) is 7.82. The summed E-state index contributed by atoms with van der Waals surface area (Å²) in [5.74, 6) is 0. The van der Waals surface area contributed by atoms with Crippen molar-refractivity contribution in [1.82, 2.24) is 0 Å². The first-order valence-electron chi connectivity index (χ1n) is 4.47. The van der Waals surface area contributed by atoms with E-state index < -0.39 is 43.1 Å². The van der Waals surface area contributed by atoms with Crippen molar-refractivity contribution < 1.29 is 30.3 Å². The third kappa shape index (κ3) is 2.08. The van der Waals surface area contributed by atoms with Gasteiger partial charge in [0.25, 0.3) is 0 Å². The summed E-state index contributed by atoms with van der Waals surface area (Å²) < 4.78 is 5.03. The lowest BCUT2D eigenvalue weighted by atomic mass is 9.85. The Kier molecular flexibility index (Phi) is 3.88. The summed E-state index contributed by atoms with van der Waals surface area (Å²) in [4.78, 5) is 0. The zero-order chi connectivity index (χ0) is 10.9. The SMILES string of the molecule is BC(O)[C@H]1OC(CO)[C@H](O)C(O)C1O. The van der Waals surface area contributed by atoms with Crippen LogP contribution < -0.4 is 0 Å². The second kappa shape index (κ2) is 4.56. The Labute approximate surface area is 82.2 Å². The Morgan fingerprint density at radius 3 is 2.14 bits per heavy atom. The first kappa shape index (κ1) is 11.9. The molecule has 0 bridgehead atoms. The van der Waals surface area contributed by atoms with E-state index in [1.165, 1.54) is 7.85 Å². The van der Waals surface area contributed by atoms with E-state index in [2.05, 4.69) is 0 Å². The van der Waals surface area contributed by atoms with Crippen LogP contribution in [0.4, 0.5) is 0 Å². The van der Waals surface area contributed by atoms with Gasteiger partial charge >= 0.3 is 0 Å². The summed E-state index contributed by atoms with van der Waals surface area (Å²) in [6, 6.07) is -0.985. The van der Waals surface area contributed by atoms with Crippen LogP contribution in [-0.2, 0) is 4.74 Å². The number of rotatable bonds is 2. The standard InChI is InChI=1S/C7H15BO6/c8-7(13)6-5(12)4(11)3(10)2(1-9)14-6/h2-7,9-13H,1,8H2/t2?,3-,4?,5?,6-,7?/m0/s1. The van der Waals surface area contributed by atoms with Crippen molar-refractivity contribution in [3.05, 3.63) is 0 Å². The average molecular weight is 206 g/mol. The second-order valence-electron chi connectivity index (χ2n) is 3.53.